The Kier molecular flexibility index (Phi) is 4.77. The average Bonchev–Trinajstić information content (AvgIpc) is 2.19. The molecule has 0 spiro atoms. The number of nitrogens with two attached hydrogens (primary N) is 1. The van der Waals surface area contributed by atoms with Crippen molar-refractivity contribution in [3.05, 3.63) is 24.5 Å². The Labute approximate surface area is 89.9 Å². The van der Waals surface area contributed by atoms with Crippen LogP contribution in [0.15, 0.2) is 24.5 Å². The maximum Gasteiger partial charge on any atom is 0.225 e. The Bertz CT molecular complexity index is 300. The highest BCUT2D eigenvalue weighted by Gasteiger charge is 2.08. The Morgan fingerprint density at radius 3 is 2.80 bits per heavy atom. The lowest BCUT2D eigenvalue weighted by Crippen LogP contribution is -2.26. The minimum atomic E-state index is -0.0446. The van der Waals surface area contributed by atoms with E-state index < -0.39 is 0 Å². The molecule has 0 saturated heterocycles. The molecule has 1 amide bonds. The van der Waals surface area contributed by atoms with Gasteiger partial charge >= 0.3 is 0 Å². The molecule has 1 rings (SSSR count). The summed E-state index contributed by atoms with van der Waals surface area (Å²) in [4.78, 5) is 15.4. The van der Waals surface area contributed by atoms with E-state index in [0.717, 1.165) is 18.5 Å². The van der Waals surface area contributed by atoms with Gasteiger partial charge in [-0.2, -0.15) is 0 Å². The molecule has 0 aliphatic heterocycles. The van der Waals surface area contributed by atoms with Gasteiger partial charge in [0.25, 0.3) is 0 Å². The number of hydrogen-bond acceptors (Lipinski definition) is 3. The first-order valence-electron chi connectivity index (χ1n) is 5.18. The van der Waals surface area contributed by atoms with E-state index in [1.807, 2.05) is 0 Å². The molecule has 0 radical (unpaired) electrons. The molecule has 0 bridgehead atoms. The zero-order valence-electron chi connectivity index (χ0n) is 8.94. The summed E-state index contributed by atoms with van der Waals surface area (Å²) >= 11 is 0. The SMILES string of the molecule is CCCC(N)CC(=O)Nc1ccncc1. The second-order valence-corrected chi connectivity index (χ2v) is 3.54. The molecule has 0 aliphatic carbocycles. The molecular formula is C11H17N3O. The number of nitrogens with zero attached hydrogens (tertiary/aromatic N) is 1. The minimum Gasteiger partial charge on any atom is -0.327 e. The molecule has 15 heavy (non-hydrogen) atoms. The third-order valence-electron chi connectivity index (χ3n) is 2.07. The first-order chi connectivity index (χ1) is 7.22. The Balaban J connectivity index is 2.36. The van der Waals surface area contributed by atoms with Gasteiger partial charge in [0.1, 0.15) is 0 Å². The third-order valence-corrected chi connectivity index (χ3v) is 2.07. The molecular weight excluding hydrogens is 190 g/mol. The van der Waals surface area contributed by atoms with Crippen LogP contribution in [0, 0.1) is 0 Å². The van der Waals surface area contributed by atoms with E-state index in [2.05, 4.69) is 17.2 Å². The standard InChI is InChI=1S/C11H17N3O/c1-2-3-9(12)8-11(15)14-10-4-6-13-7-5-10/h4-7,9H,2-3,8,12H2,1H3,(H,13,14,15). The average molecular weight is 207 g/mol. The smallest absolute Gasteiger partial charge is 0.225 e. The van der Waals surface area contributed by atoms with Crippen LogP contribution in [-0.4, -0.2) is 16.9 Å². The quantitative estimate of drug-likeness (QED) is 0.769. The van der Waals surface area contributed by atoms with Crippen LogP contribution in [0.5, 0.6) is 0 Å². The van der Waals surface area contributed by atoms with Gasteiger partial charge in [-0.15, -0.1) is 0 Å². The third kappa shape index (κ3) is 4.56. The molecule has 1 aromatic heterocycles. The van der Waals surface area contributed by atoms with Gasteiger partial charge in [-0.25, -0.2) is 0 Å². The van der Waals surface area contributed by atoms with Gasteiger partial charge in [-0.1, -0.05) is 13.3 Å². The molecule has 1 aromatic rings. The van der Waals surface area contributed by atoms with Gasteiger partial charge in [0.2, 0.25) is 5.91 Å². The number of carbonyl (C=O) groups is 1. The second kappa shape index (κ2) is 6.14. The van der Waals surface area contributed by atoms with Gasteiger partial charge in [0, 0.05) is 30.5 Å². The number of aromatic nitrogens is 1. The first-order valence-corrected chi connectivity index (χ1v) is 5.18. The Morgan fingerprint density at radius 2 is 2.20 bits per heavy atom. The zero-order chi connectivity index (χ0) is 11.1. The summed E-state index contributed by atoms with van der Waals surface area (Å²) < 4.78 is 0. The topological polar surface area (TPSA) is 68.0 Å². The molecule has 4 heteroatoms. The van der Waals surface area contributed by atoms with Crippen LogP contribution in [-0.2, 0) is 4.79 Å². The van der Waals surface area contributed by atoms with Crippen molar-refractivity contribution in [2.24, 2.45) is 5.73 Å². The van der Waals surface area contributed by atoms with Crippen LogP contribution < -0.4 is 11.1 Å². The number of nitrogens with one attached hydrogen (secondary N) is 1. The Hall–Kier alpha value is -1.42. The van der Waals surface area contributed by atoms with Gasteiger partial charge < -0.3 is 11.1 Å². The summed E-state index contributed by atoms with van der Waals surface area (Å²) in [7, 11) is 0. The number of anilines is 1. The molecule has 0 fully saturated rings. The predicted molar refractivity (Wildman–Crippen MR) is 60.4 cm³/mol. The number of carbonyl (C=O) groups excluding carboxylic acids is 1. The van der Waals surface area contributed by atoms with Crippen molar-refractivity contribution in [2.45, 2.75) is 32.2 Å². The minimum absolute atomic E-state index is 0.0397. The summed E-state index contributed by atoms with van der Waals surface area (Å²) in [5.41, 5.74) is 6.53. The maximum atomic E-state index is 11.5. The lowest BCUT2D eigenvalue weighted by molar-refractivity contribution is -0.116. The first kappa shape index (κ1) is 11.7. The van der Waals surface area contributed by atoms with Crippen molar-refractivity contribution in [3.63, 3.8) is 0 Å². The van der Waals surface area contributed by atoms with E-state index in [1.165, 1.54) is 0 Å². The highest BCUT2D eigenvalue weighted by Crippen LogP contribution is 2.05. The number of rotatable bonds is 5. The molecule has 4 nitrogen and oxygen atoms in total. The normalized spacial score (nSPS) is 12.1. The van der Waals surface area contributed by atoms with E-state index in [0.29, 0.717) is 6.42 Å². The van der Waals surface area contributed by atoms with Crippen LogP contribution in [0.4, 0.5) is 5.69 Å². The van der Waals surface area contributed by atoms with Gasteiger partial charge in [-0.05, 0) is 18.6 Å². The lowest BCUT2D eigenvalue weighted by Gasteiger charge is -2.10. The van der Waals surface area contributed by atoms with Gasteiger partial charge in [0.15, 0.2) is 0 Å². The van der Waals surface area contributed by atoms with Crippen molar-refractivity contribution in [1.29, 1.82) is 0 Å². The summed E-state index contributed by atoms with van der Waals surface area (Å²) in [6.07, 6.45) is 5.53. The van der Waals surface area contributed by atoms with E-state index in [9.17, 15) is 4.79 Å². The van der Waals surface area contributed by atoms with E-state index in [-0.39, 0.29) is 11.9 Å². The van der Waals surface area contributed by atoms with Crippen LogP contribution >= 0.6 is 0 Å². The van der Waals surface area contributed by atoms with Crippen molar-refractivity contribution < 1.29 is 4.79 Å². The molecule has 0 aromatic carbocycles. The van der Waals surface area contributed by atoms with Crippen LogP contribution in [0.2, 0.25) is 0 Å². The summed E-state index contributed by atoms with van der Waals surface area (Å²) in [5.74, 6) is -0.0397. The highest BCUT2D eigenvalue weighted by atomic mass is 16.1. The van der Waals surface area contributed by atoms with Crippen molar-refractivity contribution in [2.75, 3.05) is 5.32 Å². The maximum absolute atomic E-state index is 11.5. The van der Waals surface area contributed by atoms with E-state index in [1.54, 1.807) is 24.5 Å². The van der Waals surface area contributed by atoms with Gasteiger partial charge in [-0.3, -0.25) is 9.78 Å². The van der Waals surface area contributed by atoms with Crippen LogP contribution in [0.1, 0.15) is 26.2 Å². The number of pyridine rings is 1. The lowest BCUT2D eigenvalue weighted by atomic mass is 10.1. The molecule has 1 unspecified atom stereocenters. The highest BCUT2D eigenvalue weighted by molar-refractivity contribution is 5.90. The largest absolute Gasteiger partial charge is 0.327 e. The monoisotopic (exact) mass is 207 g/mol. The second-order valence-electron chi connectivity index (χ2n) is 3.54. The van der Waals surface area contributed by atoms with E-state index in [4.69, 9.17) is 5.73 Å². The molecule has 1 atom stereocenters. The Morgan fingerprint density at radius 1 is 1.53 bits per heavy atom. The summed E-state index contributed by atoms with van der Waals surface area (Å²) in [5, 5.41) is 2.77. The number of amides is 1. The van der Waals surface area contributed by atoms with Crippen LogP contribution in [0.3, 0.4) is 0 Å². The fourth-order valence-corrected chi connectivity index (χ4v) is 1.36. The zero-order valence-corrected chi connectivity index (χ0v) is 8.94. The molecule has 0 saturated carbocycles. The fraction of sp³-hybridized carbons (Fsp3) is 0.455. The molecule has 82 valence electrons. The van der Waals surface area contributed by atoms with Crippen molar-refractivity contribution in [3.8, 4) is 0 Å². The van der Waals surface area contributed by atoms with Crippen molar-refractivity contribution >= 4 is 11.6 Å². The summed E-state index contributed by atoms with van der Waals surface area (Å²) in [6.45, 7) is 2.06. The van der Waals surface area contributed by atoms with Crippen LogP contribution in [0.25, 0.3) is 0 Å². The molecule has 0 aliphatic rings. The summed E-state index contributed by atoms with van der Waals surface area (Å²) in [6, 6.07) is 3.46. The van der Waals surface area contributed by atoms with Crippen molar-refractivity contribution in [1.82, 2.24) is 4.98 Å². The van der Waals surface area contributed by atoms with E-state index >= 15 is 0 Å². The molecule has 1 heterocycles. The fourth-order valence-electron chi connectivity index (χ4n) is 1.36. The molecule has 3 N–H and O–H groups in total. The predicted octanol–water partition coefficient (Wildman–Crippen LogP) is 1.54. The van der Waals surface area contributed by atoms with Gasteiger partial charge in [0.05, 0.1) is 0 Å². The number of hydrogen-bond donors (Lipinski definition) is 2.